The van der Waals surface area contributed by atoms with Gasteiger partial charge in [-0.15, -0.1) is 0 Å². The summed E-state index contributed by atoms with van der Waals surface area (Å²) in [6.45, 7) is 4.61. The molecule has 0 fully saturated rings. The van der Waals surface area contributed by atoms with E-state index in [0.29, 0.717) is 5.56 Å². The maximum absolute atomic E-state index is 11.5. The smallest absolute Gasteiger partial charge is 0.311 e. The van der Waals surface area contributed by atoms with Gasteiger partial charge in [0.25, 0.3) is 0 Å². The van der Waals surface area contributed by atoms with Crippen LogP contribution in [-0.4, -0.2) is 24.7 Å². The van der Waals surface area contributed by atoms with Gasteiger partial charge in [0, 0.05) is 0 Å². The summed E-state index contributed by atoms with van der Waals surface area (Å²) in [7, 11) is -3.62. The van der Waals surface area contributed by atoms with Crippen LogP contribution in [0.25, 0.3) is 0 Å². The third kappa shape index (κ3) is 3.46. The third-order valence-corrected chi connectivity index (χ3v) is 4.12. The van der Waals surface area contributed by atoms with E-state index in [0.717, 1.165) is 0 Å². The first kappa shape index (κ1) is 14.5. The molecule has 0 bridgehead atoms. The molecule has 0 aliphatic rings. The molecular weight excluding hydrogens is 256 g/mol. The summed E-state index contributed by atoms with van der Waals surface area (Å²) in [5.74, 6) is -1.38. The van der Waals surface area contributed by atoms with Gasteiger partial charge < -0.3 is 9.29 Å². The Kier molecular flexibility index (Phi) is 4.34. The number of hydrogen-bond acceptors (Lipinski definition) is 4. The highest BCUT2D eigenvalue weighted by molar-refractivity contribution is 7.87. The molecular formula is C12H16O5S. The summed E-state index contributed by atoms with van der Waals surface area (Å²) in [5, 5.41) is 8.21. The van der Waals surface area contributed by atoms with Crippen molar-refractivity contribution in [3.8, 4) is 5.75 Å². The maximum atomic E-state index is 11.5. The van der Waals surface area contributed by atoms with E-state index in [4.69, 9.17) is 9.29 Å². The predicted molar refractivity (Wildman–Crippen MR) is 67.2 cm³/mol. The summed E-state index contributed by atoms with van der Waals surface area (Å²) in [6.07, 6.45) is 0. The van der Waals surface area contributed by atoms with Gasteiger partial charge in [-0.25, -0.2) is 0 Å². The molecule has 100 valence electrons. The van der Waals surface area contributed by atoms with E-state index in [-0.39, 0.29) is 5.75 Å². The largest absolute Gasteiger partial charge is 0.481 e. The van der Waals surface area contributed by atoms with Gasteiger partial charge in [0.2, 0.25) is 0 Å². The Bertz CT molecular complexity index is 516. The normalized spacial score (nSPS) is 13.3. The lowest BCUT2D eigenvalue weighted by molar-refractivity contribution is -0.138. The van der Waals surface area contributed by atoms with Gasteiger partial charge in [0.1, 0.15) is 5.75 Å². The Morgan fingerprint density at radius 1 is 1.17 bits per heavy atom. The van der Waals surface area contributed by atoms with Crippen molar-refractivity contribution in [2.45, 2.75) is 31.9 Å². The van der Waals surface area contributed by atoms with Crippen LogP contribution in [-0.2, 0) is 14.9 Å². The topological polar surface area (TPSA) is 80.7 Å². The molecule has 0 amide bonds. The van der Waals surface area contributed by atoms with Crippen LogP contribution >= 0.6 is 0 Å². The molecule has 0 saturated heterocycles. The lowest BCUT2D eigenvalue weighted by Gasteiger charge is -2.11. The minimum absolute atomic E-state index is 0.185. The van der Waals surface area contributed by atoms with Gasteiger partial charge in [0.15, 0.2) is 0 Å². The number of benzene rings is 1. The van der Waals surface area contributed by atoms with Crippen LogP contribution in [0.4, 0.5) is 0 Å². The first-order valence-corrected chi connectivity index (χ1v) is 6.97. The van der Waals surface area contributed by atoms with Gasteiger partial charge in [-0.2, -0.15) is 8.42 Å². The molecule has 1 atom stereocenters. The third-order valence-electron chi connectivity index (χ3n) is 2.54. The molecule has 5 nitrogen and oxygen atoms in total. The van der Waals surface area contributed by atoms with Crippen molar-refractivity contribution in [1.29, 1.82) is 0 Å². The molecule has 1 rings (SSSR count). The molecule has 18 heavy (non-hydrogen) atoms. The van der Waals surface area contributed by atoms with Crippen LogP contribution < -0.4 is 4.18 Å². The summed E-state index contributed by atoms with van der Waals surface area (Å²) in [4.78, 5) is 10.8. The highest BCUT2D eigenvalue weighted by atomic mass is 32.2. The zero-order chi connectivity index (χ0) is 13.9. The van der Waals surface area contributed by atoms with Gasteiger partial charge in [0.05, 0.1) is 11.2 Å². The number of rotatable bonds is 5. The Balaban J connectivity index is 2.88. The Labute approximate surface area is 107 Å². The van der Waals surface area contributed by atoms with Crippen molar-refractivity contribution in [2.75, 3.05) is 0 Å². The summed E-state index contributed by atoms with van der Waals surface area (Å²) in [6, 6.07) is 6.00. The minimum Gasteiger partial charge on any atom is -0.481 e. The second kappa shape index (κ2) is 5.39. The molecule has 0 aliphatic heterocycles. The SMILES string of the molecule is CC(C)S(=O)(=O)Oc1ccc([C@@H](C)C(=O)O)cc1. The highest BCUT2D eigenvalue weighted by Crippen LogP contribution is 2.21. The zero-order valence-electron chi connectivity index (χ0n) is 10.5. The van der Waals surface area contributed by atoms with Crippen LogP contribution in [0.3, 0.4) is 0 Å². The number of carbonyl (C=O) groups is 1. The summed E-state index contributed by atoms with van der Waals surface area (Å²) < 4.78 is 27.9. The molecule has 0 spiro atoms. The Morgan fingerprint density at radius 2 is 1.67 bits per heavy atom. The van der Waals surface area contributed by atoms with Crippen molar-refractivity contribution >= 4 is 16.1 Å². The van der Waals surface area contributed by atoms with E-state index in [1.165, 1.54) is 26.0 Å². The predicted octanol–water partition coefficient (Wildman–Crippen LogP) is 1.99. The van der Waals surface area contributed by atoms with Crippen LogP contribution in [0, 0.1) is 0 Å². The molecule has 0 saturated carbocycles. The molecule has 0 aromatic heterocycles. The quantitative estimate of drug-likeness (QED) is 0.829. The zero-order valence-corrected chi connectivity index (χ0v) is 11.3. The first-order valence-electron chi connectivity index (χ1n) is 5.50. The Morgan fingerprint density at radius 3 is 2.06 bits per heavy atom. The van der Waals surface area contributed by atoms with Crippen molar-refractivity contribution < 1.29 is 22.5 Å². The van der Waals surface area contributed by atoms with Crippen LogP contribution in [0.15, 0.2) is 24.3 Å². The van der Waals surface area contributed by atoms with E-state index < -0.39 is 27.3 Å². The number of carboxylic acid groups (broad SMARTS) is 1. The van der Waals surface area contributed by atoms with Crippen molar-refractivity contribution in [2.24, 2.45) is 0 Å². The molecule has 0 heterocycles. The Hall–Kier alpha value is -1.56. The van der Waals surface area contributed by atoms with Crippen LogP contribution in [0.5, 0.6) is 5.75 Å². The minimum atomic E-state index is -3.62. The van der Waals surface area contributed by atoms with E-state index >= 15 is 0 Å². The lowest BCUT2D eigenvalue weighted by atomic mass is 10.0. The molecule has 1 N–H and O–H groups in total. The van der Waals surface area contributed by atoms with Gasteiger partial charge in [-0.1, -0.05) is 12.1 Å². The maximum Gasteiger partial charge on any atom is 0.311 e. The number of hydrogen-bond donors (Lipinski definition) is 1. The fourth-order valence-corrected chi connectivity index (χ4v) is 1.76. The lowest BCUT2D eigenvalue weighted by Crippen LogP contribution is -2.20. The van der Waals surface area contributed by atoms with Crippen molar-refractivity contribution in [1.82, 2.24) is 0 Å². The second-order valence-corrected chi connectivity index (χ2v) is 6.35. The standard InChI is InChI=1S/C12H16O5S/c1-8(2)18(15,16)17-11-6-4-10(5-7-11)9(3)12(13)14/h4-9H,1-3H3,(H,13,14)/t9-/m1/s1. The van der Waals surface area contributed by atoms with E-state index in [2.05, 4.69) is 0 Å². The summed E-state index contributed by atoms with van der Waals surface area (Å²) >= 11 is 0. The van der Waals surface area contributed by atoms with Crippen molar-refractivity contribution in [3.63, 3.8) is 0 Å². The van der Waals surface area contributed by atoms with E-state index in [9.17, 15) is 13.2 Å². The average molecular weight is 272 g/mol. The summed E-state index contributed by atoms with van der Waals surface area (Å²) in [5.41, 5.74) is 0.594. The van der Waals surface area contributed by atoms with Gasteiger partial charge in [-0.05, 0) is 38.5 Å². The highest BCUT2D eigenvalue weighted by Gasteiger charge is 2.19. The molecule has 1 aromatic rings. The van der Waals surface area contributed by atoms with Gasteiger partial charge >= 0.3 is 16.1 Å². The average Bonchev–Trinajstić information content (AvgIpc) is 2.28. The number of aliphatic carboxylic acids is 1. The fraction of sp³-hybridized carbons (Fsp3) is 0.417. The molecule has 0 radical (unpaired) electrons. The monoisotopic (exact) mass is 272 g/mol. The van der Waals surface area contributed by atoms with Crippen LogP contribution in [0.2, 0.25) is 0 Å². The molecule has 0 aliphatic carbocycles. The second-order valence-electron chi connectivity index (χ2n) is 4.25. The molecule has 0 unspecified atom stereocenters. The van der Waals surface area contributed by atoms with Crippen LogP contribution in [0.1, 0.15) is 32.3 Å². The number of carboxylic acids is 1. The fourth-order valence-electron chi connectivity index (χ4n) is 1.18. The molecule has 6 heteroatoms. The first-order chi connectivity index (χ1) is 8.24. The van der Waals surface area contributed by atoms with Gasteiger partial charge in [-0.3, -0.25) is 4.79 Å². The molecule has 1 aromatic carbocycles. The van der Waals surface area contributed by atoms with E-state index in [1.54, 1.807) is 19.1 Å². The van der Waals surface area contributed by atoms with E-state index in [1.807, 2.05) is 0 Å². The van der Waals surface area contributed by atoms with Crippen molar-refractivity contribution in [3.05, 3.63) is 29.8 Å².